The second-order valence-electron chi connectivity index (χ2n) is 5.30. The lowest BCUT2D eigenvalue weighted by Gasteiger charge is -2.27. The number of hydrogen-bond acceptors (Lipinski definition) is 4. The molecule has 24 heavy (non-hydrogen) atoms. The number of morpholine rings is 1. The van der Waals surface area contributed by atoms with Gasteiger partial charge in [-0.1, -0.05) is 24.3 Å². The summed E-state index contributed by atoms with van der Waals surface area (Å²) in [6.07, 6.45) is 1.73. The number of carbonyl (C=O) groups excluding carboxylic acids is 2. The van der Waals surface area contributed by atoms with E-state index < -0.39 is 0 Å². The van der Waals surface area contributed by atoms with Gasteiger partial charge in [-0.25, -0.2) is 0 Å². The fourth-order valence-corrected chi connectivity index (χ4v) is 3.05. The maximum Gasteiger partial charge on any atom is 0.270 e. The Kier molecular flexibility index (Phi) is 5.40. The van der Waals surface area contributed by atoms with E-state index in [-0.39, 0.29) is 17.5 Å². The minimum absolute atomic E-state index is 0.184. The van der Waals surface area contributed by atoms with Crippen LogP contribution in [0.2, 0.25) is 0 Å². The Morgan fingerprint density at radius 2 is 1.83 bits per heavy atom. The van der Waals surface area contributed by atoms with Crippen LogP contribution in [0.25, 0.3) is 6.08 Å². The second kappa shape index (κ2) is 7.90. The molecule has 3 rings (SSSR count). The second-order valence-corrected chi connectivity index (χ2v) is 6.28. The highest BCUT2D eigenvalue weighted by Crippen LogP contribution is 2.15. The maximum atomic E-state index is 12.8. The highest BCUT2D eigenvalue weighted by molar-refractivity contribution is 7.10. The largest absolute Gasteiger partial charge is 0.378 e. The van der Waals surface area contributed by atoms with Gasteiger partial charge in [-0.15, -0.1) is 11.3 Å². The van der Waals surface area contributed by atoms with E-state index in [1.54, 1.807) is 35.2 Å². The van der Waals surface area contributed by atoms with E-state index in [1.165, 1.54) is 11.3 Å². The van der Waals surface area contributed by atoms with Crippen LogP contribution < -0.4 is 5.32 Å². The quantitative estimate of drug-likeness (QED) is 0.868. The molecule has 1 fully saturated rings. The Balaban J connectivity index is 1.82. The van der Waals surface area contributed by atoms with Crippen molar-refractivity contribution in [1.29, 1.82) is 0 Å². The van der Waals surface area contributed by atoms with Crippen molar-refractivity contribution in [2.24, 2.45) is 0 Å². The van der Waals surface area contributed by atoms with Crippen LogP contribution in [0.4, 0.5) is 0 Å². The van der Waals surface area contributed by atoms with Gasteiger partial charge in [0.15, 0.2) is 0 Å². The molecule has 1 aromatic heterocycles. The van der Waals surface area contributed by atoms with E-state index in [9.17, 15) is 9.59 Å². The molecule has 0 saturated carbocycles. The first-order valence-corrected chi connectivity index (χ1v) is 8.60. The first-order chi connectivity index (χ1) is 11.7. The highest BCUT2D eigenvalue weighted by Gasteiger charge is 2.22. The molecule has 0 aliphatic carbocycles. The molecule has 5 nitrogen and oxygen atoms in total. The predicted octanol–water partition coefficient (Wildman–Crippen LogP) is 2.38. The van der Waals surface area contributed by atoms with Crippen LogP contribution >= 0.6 is 11.3 Å². The molecule has 0 unspecified atom stereocenters. The summed E-state index contributed by atoms with van der Waals surface area (Å²) in [6.45, 7) is 2.10. The number of benzene rings is 1. The van der Waals surface area contributed by atoms with Crippen LogP contribution in [0, 0.1) is 0 Å². The standard InChI is InChI=1S/C18H18N2O3S/c21-17(14-5-2-1-3-6-14)19-16(13-15-7-4-12-24-15)18(22)20-8-10-23-11-9-20/h1-7,12-13H,8-11H2,(H,19,21)/b16-13-. The monoisotopic (exact) mass is 342 g/mol. The van der Waals surface area contributed by atoms with Crippen LogP contribution in [0.15, 0.2) is 53.5 Å². The number of amides is 2. The lowest BCUT2D eigenvalue weighted by Crippen LogP contribution is -2.44. The van der Waals surface area contributed by atoms with Crippen molar-refractivity contribution in [2.75, 3.05) is 26.3 Å². The molecule has 0 bridgehead atoms. The lowest BCUT2D eigenvalue weighted by molar-refractivity contribution is -0.131. The van der Waals surface area contributed by atoms with Gasteiger partial charge >= 0.3 is 0 Å². The van der Waals surface area contributed by atoms with E-state index in [0.29, 0.717) is 31.9 Å². The maximum absolute atomic E-state index is 12.8. The Labute approximate surface area is 144 Å². The fourth-order valence-electron chi connectivity index (χ4n) is 2.39. The first kappa shape index (κ1) is 16.4. The van der Waals surface area contributed by atoms with Crippen molar-refractivity contribution in [3.63, 3.8) is 0 Å². The molecule has 1 aliphatic rings. The summed E-state index contributed by atoms with van der Waals surface area (Å²) >= 11 is 1.52. The minimum Gasteiger partial charge on any atom is -0.378 e. The van der Waals surface area contributed by atoms with Gasteiger partial charge in [0.1, 0.15) is 5.70 Å². The van der Waals surface area contributed by atoms with Gasteiger partial charge in [0, 0.05) is 23.5 Å². The molecule has 1 aromatic carbocycles. The molecule has 6 heteroatoms. The summed E-state index contributed by atoms with van der Waals surface area (Å²) < 4.78 is 5.29. The van der Waals surface area contributed by atoms with Gasteiger partial charge in [-0.2, -0.15) is 0 Å². The Morgan fingerprint density at radius 1 is 1.08 bits per heavy atom. The summed E-state index contributed by atoms with van der Waals surface area (Å²) in [5, 5.41) is 4.70. The molecule has 1 N–H and O–H groups in total. The third-order valence-corrected chi connectivity index (χ3v) is 4.46. The summed E-state index contributed by atoms with van der Waals surface area (Å²) in [5.41, 5.74) is 0.803. The van der Waals surface area contributed by atoms with Crippen LogP contribution in [0.5, 0.6) is 0 Å². The summed E-state index contributed by atoms with van der Waals surface area (Å²) in [5.74, 6) is -0.476. The molecular weight excluding hydrogens is 324 g/mol. The molecular formula is C18H18N2O3S. The van der Waals surface area contributed by atoms with E-state index >= 15 is 0 Å². The Hall–Kier alpha value is -2.44. The molecule has 1 saturated heterocycles. The van der Waals surface area contributed by atoms with Crippen molar-refractivity contribution in [3.8, 4) is 0 Å². The van der Waals surface area contributed by atoms with Gasteiger partial charge < -0.3 is 15.0 Å². The van der Waals surface area contributed by atoms with Crippen LogP contribution in [0.1, 0.15) is 15.2 Å². The normalized spacial score (nSPS) is 15.2. The summed E-state index contributed by atoms with van der Waals surface area (Å²) in [6, 6.07) is 12.7. The molecule has 1 aliphatic heterocycles. The Morgan fingerprint density at radius 3 is 2.50 bits per heavy atom. The summed E-state index contributed by atoms with van der Waals surface area (Å²) in [4.78, 5) is 27.8. The number of thiophene rings is 1. The van der Waals surface area contributed by atoms with Crippen LogP contribution in [0.3, 0.4) is 0 Å². The van der Waals surface area contributed by atoms with Gasteiger partial charge in [0.25, 0.3) is 11.8 Å². The third-order valence-electron chi connectivity index (χ3n) is 3.64. The number of nitrogens with zero attached hydrogens (tertiary/aromatic N) is 1. The topological polar surface area (TPSA) is 58.6 Å². The predicted molar refractivity (Wildman–Crippen MR) is 93.6 cm³/mol. The smallest absolute Gasteiger partial charge is 0.270 e. The molecule has 2 heterocycles. The number of hydrogen-bond donors (Lipinski definition) is 1. The third kappa shape index (κ3) is 4.10. The highest BCUT2D eigenvalue weighted by atomic mass is 32.1. The fraction of sp³-hybridized carbons (Fsp3) is 0.222. The summed E-state index contributed by atoms with van der Waals surface area (Å²) in [7, 11) is 0. The zero-order chi connectivity index (χ0) is 16.8. The first-order valence-electron chi connectivity index (χ1n) is 7.72. The van der Waals surface area contributed by atoms with E-state index in [2.05, 4.69) is 5.32 Å². The van der Waals surface area contributed by atoms with E-state index in [4.69, 9.17) is 4.74 Å². The van der Waals surface area contributed by atoms with Crippen molar-refractivity contribution < 1.29 is 14.3 Å². The lowest BCUT2D eigenvalue weighted by atomic mass is 10.2. The van der Waals surface area contributed by atoms with E-state index in [0.717, 1.165) is 4.88 Å². The van der Waals surface area contributed by atoms with Gasteiger partial charge in [-0.05, 0) is 29.7 Å². The average molecular weight is 342 g/mol. The number of carbonyl (C=O) groups is 2. The molecule has 2 amide bonds. The van der Waals surface area contributed by atoms with Gasteiger partial charge in [-0.3, -0.25) is 9.59 Å². The molecule has 2 aromatic rings. The van der Waals surface area contributed by atoms with Crippen LogP contribution in [-0.4, -0.2) is 43.0 Å². The van der Waals surface area contributed by atoms with Crippen molar-refractivity contribution in [1.82, 2.24) is 10.2 Å². The number of nitrogens with one attached hydrogen (secondary N) is 1. The molecule has 124 valence electrons. The zero-order valence-electron chi connectivity index (χ0n) is 13.1. The Bertz CT molecular complexity index is 720. The van der Waals surface area contributed by atoms with Crippen molar-refractivity contribution in [2.45, 2.75) is 0 Å². The number of ether oxygens (including phenoxy) is 1. The SMILES string of the molecule is O=C(N/C(=C\c1cccs1)C(=O)N1CCOCC1)c1ccccc1. The van der Waals surface area contributed by atoms with Crippen molar-refractivity contribution >= 4 is 29.2 Å². The molecule has 0 radical (unpaired) electrons. The number of rotatable bonds is 4. The van der Waals surface area contributed by atoms with Gasteiger partial charge in [0.05, 0.1) is 13.2 Å². The van der Waals surface area contributed by atoms with E-state index in [1.807, 2.05) is 23.6 Å². The average Bonchev–Trinajstić information content (AvgIpc) is 3.15. The van der Waals surface area contributed by atoms with Gasteiger partial charge in [0.2, 0.25) is 0 Å². The molecule has 0 spiro atoms. The minimum atomic E-state index is -0.292. The molecule has 0 atom stereocenters. The zero-order valence-corrected chi connectivity index (χ0v) is 13.9. The van der Waals surface area contributed by atoms with Crippen LogP contribution in [-0.2, 0) is 9.53 Å². The van der Waals surface area contributed by atoms with Crippen molar-refractivity contribution in [3.05, 3.63) is 64.0 Å².